The number of thioether (sulfide) groups is 1. The van der Waals surface area contributed by atoms with E-state index in [-0.39, 0.29) is 0 Å². The maximum absolute atomic E-state index is 3.80. The summed E-state index contributed by atoms with van der Waals surface area (Å²) >= 11 is 1.98. The number of piperazine rings is 1. The minimum Gasteiger partial charge on any atom is -0.308 e. The van der Waals surface area contributed by atoms with Crippen molar-refractivity contribution >= 4 is 11.8 Å². The maximum atomic E-state index is 3.80. The van der Waals surface area contributed by atoms with Crippen molar-refractivity contribution in [1.29, 1.82) is 0 Å². The smallest absolute Gasteiger partial charge is 0.0309 e. The van der Waals surface area contributed by atoms with Crippen LogP contribution in [-0.2, 0) is 0 Å². The van der Waals surface area contributed by atoms with Gasteiger partial charge in [-0.15, -0.1) is 11.8 Å². The van der Waals surface area contributed by atoms with Crippen LogP contribution in [0.15, 0.2) is 35.2 Å². The zero-order valence-corrected chi connectivity index (χ0v) is 13.5. The molecule has 1 aliphatic carbocycles. The van der Waals surface area contributed by atoms with Crippen LogP contribution in [0.3, 0.4) is 0 Å². The van der Waals surface area contributed by atoms with Crippen molar-refractivity contribution in [3.05, 3.63) is 30.3 Å². The van der Waals surface area contributed by atoms with Crippen molar-refractivity contribution in [3.8, 4) is 0 Å². The van der Waals surface area contributed by atoms with Crippen LogP contribution in [0.25, 0.3) is 0 Å². The van der Waals surface area contributed by atoms with E-state index < -0.39 is 0 Å². The van der Waals surface area contributed by atoms with Crippen LogP contribution in [0.1, 0.15) is 26.7 Å². The van der Waals surface area contributed by atoms with E-state index in [1.807, 2.05) is 11.8 Å². The summed E-state index contributed by atoms with van der Waals surface area (Å²) in [7, 11) is 0. The van der Waals surface area contributed by atoms with Gasteiger partial charge in [-0.25, -0.2) is 0 Å². The van der Waals surface area contributed by atoms with Gasteiger partial charge in [-0.3, -0.25) is 4.90 Å². The maximum Gasteiger partial charge on any atom is 0.0309 e. The number of benzene rings is 1. The van der Waals surface area contributed by atoms with Crippen LogP contribution >= 0.6 is 11.8 Å². The van der Waals surface area contributed by atoms with Gasteiger partial charge in [0, 0.05) is 41.9 Å². The second-order valence-electron chi connectivity index (χ2n) is 6.55. The molecule has 0 spiro atoms. The lowest BCUT2D eigenvalue weighted by Crippen LogP contribution is -2.63. The zero-order valence-electron chi connectivity index (χ0n) is 12.6. The first-order chi connectivity index (χ1) is 9.67. The molecule has 3 heteroatoms. The quantitative estimate of drug-likeness (QED) is 0.838. The van der Waals surface area contributed by atoms with Crippen molar-refractivity contribution in [3.63, 3.8) is 0 Å². The Morgan fingerprint density at radius 2 is 2.05 bits per heavy atom. The van der Waals surface area contributed by atoms with E-state index in [1.54, 1.807) is 0 Å². The monoisotopic (exact) mass is 290 g/mol. The van der Waals surface area contributed by atoms with Crippen LogP contribution in [0.4, 0.5) is 0 Å². The minimum absolute atomic E-state index is 0.365. The molecule has 1 aromatic carbocycles. The second kappa shape index (κ2) is 6.08. The molecule has 1 saturated carbocycles. The molecule has 2 atom stereocenters. The molecule has 1 aromatic rings. The van der Waals surface area contributed by atoms with Crippen molar-refractivity contribution in [2.45, 2.75) is 43.2 Å². The predicted molar refractivity (Wildman–Crippen MR) is 87.3 cm³/mol. The average Bonchev–Trinajstić information content (AvgIpc) is 3.29. The fraction of sp³-hybridized carbons (Fsp3) is 0.647. The third-order valence-corrected chi connectivity index (χ3v) is 5.82. The Balaban J connectivity index is 1.50. The Morgan fingerprint density at radius 1 is 1.30 bits per heavy atom. The molecule has 110 valence electrons. The number of nitrogens with zero attached hydrogens (tertiary/aromatic N) is 1. The number of rotatable bonds is 5. The van der Waals surface area contributed by atoms with Crippen LogP contribution in [0.5, 0.6) is 0 Å². The molecule has 3 rings (SSSR count). The Hall–Kier alpha value is -0.510. The summed E-state index contributed by atoms with van der Waals surface area (Å²) in [5, 5.41) is 3.80. The first kappa shape index (κ1) is 14.4. The van der Waals surface area contributed by atoms with Crippen molar-refractivity contribution in [1.82, 2.24) is 10.2 Å². The number of hydrogen-bond acceptors (Lipinski definition) is 3. The van der Waals surface area contributed by atoms with Gasteiger partial charge in [-0.05, 0) is 44.7 Å². The van der Waals surface area contributed by atoms with Crippen LogP contribution < -0.4 is 5.32 Å². The summed E-state index contributed by atoms with van der Waals surface area (Å²) in [6, 6.07) is 11.4. The molecule has 1 saturated heterocycles. The van der Waals surface area contributed by atoms with E-state index in [0.717, 1.165) is 12.5 Å². The Labute approximate surface area is 127 Å². The van der Waals surface area contributed by atoms with Gasteiger partial charge in [0.2, 0.25) is 0 Å². The third kappa shape index (κ3) is 3.38. The van der Waals surface area contributed by atoms with E-state index in [0.29, 0.717) is 11.6 Å². The summed E-state index contributed by atoms with van der Waals surface area (Å²) in [4.78, 5) is 4.07. The van der Waals surface area contributed by atoms with Gasteiger partial charge >= 0.3 is 0 Å². The molecule has 2 fully saturated rings. The van der Waals surface area contributed by atoms with E-state index >= 15 is 0 Å². The highest BCUT2D eigenvalue weighted by Gasteiger charge is 2.45. The standard InChI is InChI=1S/C17H26N2S/c1-14-12-18-17(2,15-8-9-15)13-19(14)10-11-20-16-6-4-3-5-7-16/h3-7,14-15,18H,8-13H2,1-2H3. The van der Waals surface area contributed by atoms with Crippen LogP contribution in [0, 0.1) is 5.92 Å². The third-order valence-electron chi connectivity index (χ3n) is 4.83. The summed E-state index contributed by atoms with van der Waals surface area (Å²) < 4.78 is 0. The summed E-state index contributed by atoms with van der Waals surface area (Å²) in [6.07, 6.45) is 2.84. The molecule has 20 heavy (non-hydrogen) atoms. The predicted octanol–water partition coefficient (Wildman–Crippen LogP) is 3.24. The first-order valence-corrected chi connectivity index (χ1v) is 8.83. The molecule has 1 aliphatic heterocycles. The van der Waals surface area contributed by atoms with Gasteiger partial charge in [-0.1, -0.05) is 18.2 Å². The van der Waals surface area contributed by atoms with E-state index in [4.69, 9.17) is 0 Å². The fourth-order valence-corrected chi connectivity index (χ4v) is 4.15. The van der Waals surface area contributed by atoms with Crippen LogP contribution in [-0.4, -0.2) is 41.9 Å². The molecule has 0 bridgehead atoms. The molecule has 0 amide bonds. The first-order valence-electron chi connectivity index (χ1n) is 7.84. The lowest BCUT2D eigenvalue weighted by molar-refractivity contribution is 0.0894. The highest BCUT2D eigenvalue weighted by molar-refractivity contribution is 7.99. The molecular formula is C17H26N2S. The van der Waals surface area contributed by atoms with Gasteiger partial charge < -0.3 is 5.32 Å². The highest BCUT2D eigenvalue weighted by atomic mass is 32.2. The molecule has 2 nitrogen and oxygen atoms in total. The molecule has 2 unspecified atom stereocenters. The topological polar surface area (TPSA) is 15.3 Å². The van der Waals surface area contributed by atoms with E-state index in [9.17, 15) is 0 Å². The molecule has 0 aromatic heterocycles. The minimum atomic E-state index is 0.365. The Kier molecular flexibility index (Phi) is 4.39. The SMILES string of the molecule is CC1CNC(C)(C2CC2)CN1CCSc1ccccc1. The highest BCUT2D eigenvalue weighted by Crippen LogP contribution is 2.41. The molecular weight excluding hydrogens is 264 g/mol. The molecule has 0 radical (unpaired) electrons. The summed E-state index contributed by atoms with van der Waals surface area (Å²) in [6.45, 7) is 8.34. The van der Waals surface area contributed by atoms with Crippen molar-refractivity contribution in [2.75, 3.05) is 25.4 Å². The summed E-state index contributed by atoms with van der Waals surface area (Å²) in [5.41, 5.74) is 0.365. The summed E-state index contributed by atoms with van der Waals surface area (Å²) in [5.74, 6) is 2.11. The van der Waals surface area contributed by atoms with Gasteiger partial charge in [-0.2, -0.15) is 0 Å². The van der Waals surface area contributed by atoms with Crippen molar-refractivity contribution < 1.29 is 0 Å². The number of hydrogen-bond donors (Lipinski definition) is 1. The van der Waals surface area contributed by atoms with Crippen molar-refractivity contribution in [2.24, 2.45) is 5.92 Å². The largest absolute Gasteiger partial charge is 0.308 e. The Bertz CT molecular complexity index is 432. The molecule has 2 aliphatic rings. The average molecular weight is 290 g/mol. The van der Waals surface area contributed by atoms with Gasteiger partial charge in [0.1, 0.15) is 0 Å². The number of nitrogens with one attached hydrogen (secondary N) is 1. The molecule has 1 N–H and O–H groups in total. The lowest BCUT2D eigenvalue weighted by Gasteiger charge is -2.45. The van der Waals surface area contributed by atoms with Gasteiger partial charge in [0.15, 0.2) is 0 Å². The Morgan fingerprint density at radius 3 is 2.75 bits per heavy atom. The fourth-order valence-electron chi connectivity index (χ4n) is 3.23. The molecule has 1 heterocycles. The van der Waals surface area contributed by atoms with E-state index in [2.05, 4.69) is 54.4 Å². The lowest BCUT2D eigenvalue weighted by atomic mass is 9.91. The zero-order chi connectivity index (χ0) is 14.0. The van der Waals surface area contributed by atoms with Crippen LogP contribution in [0.2, 0.25) is 0 Å². The van der Waals surface area contributed by atoms with Gasteiger partial charge in [0.05, 0.1) is 0 Å². The van der Waals surface area contributed by atoms with E-state index in [1.165, 1.54) is 36.6 Å². The second-order valence-corrected chi connectivity index (χ2v) is 7.72. The van der Waals surface area contributed by atoms with Gasteiger partial charge in [0.25, 0.3) is 0 Å². The normalized spacial score (nSPS) is 31.4.